The topological polar surface area (TPSA) is 60.1 Å². The Kier molecular flexibility index (Phi) is 6.47. The molecule has 2 aromatic rings. The van der Waals surface area contributed by atoms with Gasteiger partial charge in [-0.1, -0.05) is 47.3 Å². The lowest BCUT2D eigenvalue weighted by Crippen LogP contribution is -2.35. The van der Waals surface area contributed by atoms with Crippen molar-refractivity contribution in [2.45, 2.75) is 38.1 Å². The Balaban J connectivity index is 1.78. The van der Waals surface area contributed by atoms with Crippen LogP contribution < -0.4 is 0 Å². The molecule has 136 valence electrons. The van der Waals surface area contributed by atoms with Crippen molar-refractivity contribution in [1.82, 2.24) is 9.88 Å². The number of hydrogen-bond acceptors (Lipinski definition) is 5. The summed E-state index contributed by atoms with van der Waals surface area (Å²) in [5.41, 5.74) is 2.09. The maximum atomic E-state index is 10.6. The summed E-state index contributed by atoms with van der Waals surface area (Å²) in [6.45, 7) is 0.390. The maximum Gasteiger partial charge on any atom is 0.138 e. The van der Waals surface area contributed by atoms with Gasteiger partial charge in [-0.15, -0.1) is 11.3 Å². The Morgan fingerprint density at radius 2 is 2.00 bits per heavy atom. The summed E-state index contributed by atoms with van der Waals surface area (Å²) in [5.74, 6) is 0.109. The normalized spacial score (nSPS) is 16.4. The second-order valence-corrected chi connectivity index (χ2v) is 8.46. The second kappa shape index (κ2) is 8.81. The molecular formula is C20H22BrN3OS. The van der Waals surface area contributed by atoms with E-state index in [2.05, 4.69) is 31.9 Å². The fourth-order valence-corrected chi connectivity index (χ4v) is 4.45. The highest BCUT2D eigenvalue weighted by Crippen LogP contribution is 2.29. The number of aliphatic hydroxyl groups is 1. The standard InChI is InChI=1S/C20H22BrN3OS/c1-24(16-5-3-2-4-6-16)12-19(25)17(11-22)20-23-18(13-26-20)14-7-9-15(21)10-8-14/h7-10,13,16,25H,2-6,12H2,1H3/b19-17-. The molecule has 0 aliphatic heterocycles. The van der Waals surface area contributed by atoms with Gasteiger partial charge in [0.1, 0.15) is 22.4 Å². The fourth-order valence-electron chi connectivity index (χ4n) is 3.34. The largest absolute Gasteiger partial charge is 0.509 e. The zero-order valence-corrected chi connectivity index (χ0v) is 17.2. The predicted molar refractivity (Wildman–Crippen MR) is 110 cm³/mol. The summed E-state index contributed by atoms with van der Waals surface area (Å²) in [7, 11) is 2.02. The smallest absolute Gasteiger partial charge is 0.138 e. The van der Waals surface area contributed by atoms with Gasteiger partial charge in [0.05, 0.1) is 12.2 Å². The quantitative estimate of drug-likeness (QED) is 0.492. The van der Waals surface area contributed by atoms with Gasteiger partial charge in [-0.3, -0.25) is 4.90 Å². The minimum Gasteiger partial charge on any atom is -0.509 e. The molecule has 0 bridgehead atoms. The van der Waals surface area contributed by atoms with E-state index in [1.807, 2.05) is 36.7 Å². The molecule has 1 aromatic carbocycles. The molecule has 1 saturated carbocycles. The number of thiazole rings is 1. The van der Waals surface area contributed by atoms with Crippen LogP contribution in [0.5, 0.6) is 0 Å². The first-order valence-corrected chi connectivity index (χ1v) is 10.5. The number of halogens is 1. The van der Waals surface area contributed by atoms with E-state index in [0.29, 0.717) is 17.6 Å². The van der Waals surface area contributed by atoms with Crippen molar-refractivity contribution in [3.63, 3.8) is 0 Å². The number of aliphatic hydroxyl groups excluding tert-OH is 1. The van der Waals surface area contributed by atoms with Crippen LogP contribution in [0.1, 0.15) is 37.1 Å². The molecule has 0 saturated heterocycles. The van der Waals surface area contributed by atoms with E-state index >= 15 is 0 Å². The Labute approximate surface area is 166 Å². The van der Waals surface area contributed by atoms with E-state index in [1.165, 1.54) is 30.6 Å². The molecule has 6 heteroatoms. The summed E-state index contributed by atoms with van der Waals surface area (Å²) in [5, 5.41) is 22.6. The lowest BCUT2D eigenvalue weighted by atomic mass is 9.94. The molecule has 1 N–H and O–H groups in total. The molecular weight excluding hydrogens is 410 g/mol. The molecule has 1 fully saturated rings. The molecule has 0 spiro atoms. The van der Waals surface area contributed by atoms with Gasteiger partial charge < -0.3 is 5.11 Å². The highest BCUT2D eigenvalue weighted by molar-refractivity contribution is 9.10. The minimum absolute atomic E-state index is 0.109. The number of hydrogen-bond donors (Lipinski definition) is 1. The van der Waals surface area contributed by atoms with E-state index in [0.717, 1.165) is 28.6 Å². The maximum absolute atomic E-state index is 10.6. The van der Waals surface area contributed by atoms with Crippen molar-refractivity contribution >= 4 is 32.8 Å². The van der Waals surface area contributed by atoms with Gasteiger partial charge in [0.15, 0.2) is 0 Å². The van der Waals surface area contributed by atoms with Gasteiger partial charge in [0.2, 0.25) is 0 Å². The molecule has 4 nitrogen and oxygen atoms in total. The highest BCUT2D eigenvalue weighted by Gasteiger charge is 2.21. The van der Waals surface area contributed by atoms with E-state index in [-0.39, 0.29) is 11.3 Å². The number of rotatable bonds is 5. The van der Waals surface area contributed by atoms with E-state index in [4.69, 9.17) is 0 Å². The van der Waals surface area contributed by atoms with Crippen molar-refractivity contribution in [1.29, 1.82) is 5.26 Å². The third kappa shape index (κ3) is 4.53. The molecule has 3 rings (SSSR count). The third-order valence-corrected chi connectivity index (χ3v) is 6.24. The van der Waals surface area contributed by atoms with Crippen LogP contribution >= 0.6 is 27.3 Å². The number of nitrogens with zero attached hydrogens (tertiary/aromatic N) is 3. The van der Waals surface area contributed by atoms with Crippen LogP contribution in [0, 0.1) is 11.3 Å². The minimum atomic E-state index is 0.109. The summed E-state index contributed by atoms with van der Waals surface area (Å²) < 4.78 is 1.01. The predicted octanol–water partition coefficient (Wildman–Crippen LogP) is 5.63. The van der Waals surface area contributed by atoms with Gasteiger partial charge in [-0.2, -0.15) is 5.26 Å². The van der Waals surface area contributed by atoms with Gasteiger partial charge in [-0.25, -0.2) is 4.98 Å². The van der Waals surface area contributed by atoms with Crippen LogP contribution in [0.25, 0.3) is 16.8 Å². The number of likely N-dealkylation sites (N-methyl/N-ethyl adjacent to an activating group) is 1. The Bertz CT molecular complexity index is 816. The SMILES string of the molecule is CN(C/C(O)=C(\C#N)c1nc(-c2ccc(Br)cc2)cs1)C1CCCCC1. The first-order valence-electron chi connectivity index (χ1n) is 8.82. The van der Waals surface area contributed by atoms with Crippen LogP contribution in [0.2, 0.25) is 0 Å². The summed E-state index contributed by atoms with van der Waals surface area (Å²) >= 11 is 4.82. The highest BCUT2D eigenvalue weighted by atomic mass is 79.9. The monoisotopic (exact) mass is 431 g/mol. The molecule has 1 aliphatic carbocycles. The molecule has 0 unspecified atom stereocenters. The van der Waals surface area contributed by atoms with Crippen molar-refractivity contribution < 1.29 is 5.11 Å². The summed E-state index contributed by atoms with van der Waals surface area (Å²) in [6.07, 6.45) is 6.11. The van der Waals surface area contributed by atoms with Crippen molar-refractivity contribution in [3.8, 4) is 17.3 Å². The van der Waals surface area contributed by atoms with E-state index in [9.17, 15) is 10.4 Å². The van der Waals surface area contributed by atoms with Crippen molar-refractivity contribution in [2.24, 2.45) is 0 Å². The Hall–Kier alpha value is -1.68. The average Bonchev–Trinajstić information content (AvgIpc) is 3.13. The van der Waals surface area contributed by atoms with E-state index in [1.54, 1.807) is 0 Å². The van der Waals surface area contributed by atoms with Crippen LogP contribution in [0.3, 0.4) is 0 Å². The summed E-state index contributed by atoms with van der Waals surface area (Å²) in [6, 6.07) is 10.5. The Morgan fingerprint density at radius 3 is 2.65 bits per heavy atom. The lowest BCUT2D eigenvalue weighted by Gasteiger charge is -2.30. The van der Waals surface area contributed by atoms with Crippen LogP contribution in [0.4, 0.5) is 0 Å². The van der Waals surface area contributed by atoms with Gasteiger partial charge in [0.25, 0.3) is 0 Å². The zero-order chi connectivity index (χ0) is 18.5. The molecule has 1 aliphatic rings. The van der Waals surface area contributed by atoms with Gasteiger partial charge in [-0.05, 0) is 32.0 Å². The Morgan fingerprint density at radius 1 is 1.31 bits per heavy atom. The first kappa shape index (κ1) is 19.1. The summed E-state index contributed by atoms with van der Waals surface area (Å²) in [4.78, 5) is 6.73. The molecule has 0 amide bonds. The number of allylic oxidation sites excluding steroid dienone is 1. The lowest BCUT2D eigenvalue weighted by molar-refractivity contribution is 0.184. The first-order chi connectivity index (χ1) is 12.6. The van der Waals surface area contributed by atoms with E-state index < -0.39 is 0 Å². The van der Waals surface area contributed by atoms with Crippen LogP contribution in [0.15, 0.2) is 39.9 Å². The second-order valence-electron chi connectivity index (χ2n) is 6.69. The molecule has 0 atom stereocenters. The third-order valence-electron chi connectivity index (χ3n) is 4.86. The molecule has 0 radical (unpaired) electrons. The van der Waals surface area contributed by atoms with Gasteiger partial charge in [0, 0.05) is 21.5 Å². The number of nitriles is 1. The zero-order valence-electron chi connectivity index (χ0n) is 14.8. The number of benzene rings is 1. The average molecular weight is 432 g/mol. The number of aromatic nitrogens is 1. The van der Waals surface area contributed by atoms with Crippen molar-refractivity contribution in [3.05, 3.63) is 44.9 Å². The van der Waals surface area contributed by atoms with Crippen LogP contribution in [-0.2, 0) is 0 Å². The van der Waals surface area contributed by atoms with Crippen LogP contribution in [-0.4, -0.2) is 34.6 Å². The van der Waals surface area contributed by atoms with Gasteiger partial charge >= 0.3 is 0 Å². The molecule has 26 heavy (non-hydrogen) atoms. The fraction of sp³-hybridized carbons (Fsp3) is 0.400. The van der Waals surface area contributed by atoms with Crippen molar-refractivity contribution in [2.75, 3.05) is 13.6 Å². The molecule has 1 aromatic heterocycles. The molecule has 1 heterocycles.